The van der Waals surface area contributed by atoms with Crippen LogP contribution in [0.5, 0.6) is 11.5 Å². The Balaban J connectivity index is 1.62. The van der Waals surface area contributed by atoms with Gasteiger partial charge in [0.2, 0.25) is 0 Å². The van der Waals surface area contributed by atoms with Gasteiger partial charge in [0.1, 0.15) is 17.1 Å². The Hall–Kier alpha value is -1.22. The summed E-state index contributed by atoms with van der Waals surface area (Å²) >= 11 is 0. The van der Waals surface area contributed by atoms with Crippen molar-refractivity contribution in [2.75, 3.05) is 7.11 Å². The molecule has 2 fully saturated rings. The number of aliphatic hydroxyl groups is 1. The van der Waals surface area contributed by atoms with Gasteiger partial charge in [-0.2, -0.15) is 0 Å². The van der Waals surface area contributed by atoms with Crippen molar-refractivity contribution in [3.8, 4) is 11.5 Å². The van der Waals surface area contributed by atoms with E-state index >= 15 is 0 Å². The van der Waals surface area contributed by atoms with Crippen molar-refractivity contribution in [1.82, 2.24) is 0 Å². The lowest BCUT2D eigenvalue weighted by atomic mass is 9.72. The topological polar surface area (TPSA) is 38.7 Å². The Labute approximate surface area is 126 Å². The number of hydrogen-bond acceptors (Lipinski definition) is 3. The molecule has 3 heteroatoms. The first-order valence-electron chi connectivity index (χ1n) is 8.24. The lowest BCUT2D eigenvalue weighted by molar-refractivity contribution is -0.0545. The molecule has 0 saturated heterocycles. The van der Waals surface area contributed by atoms with Crippen LogP contribution < -0.4 is 9.47 Å². The Bertz CT molecular complexity index is 537. The maximum Gasteiger partial charge on any atom is 0.129 e. The predicted octanol–water partition coefficient (Wildman–Crippen LogP) is 3.85. The van der Waals surface area contributed by atoms with E-state index in [4.69, 9.17) is 9.47 Å². The van der Waals surface area contributed by atoms with E-state index in [1.54, 1.807) is 7.11 Å². The van der Waals surface area contributed by atoms with Gasteiger partial charge in [0.05, 0.1) is 13.2 Å². The number of hydrogen-bond donors (Lipinski definition) is 1. The summed E-state index contributed by atoms with van der Waals surface area (Å²) in [5, 5.41) is 10.6. The number of fused-ring (bicyclic) bond motifs is 1. The molecule has 1 spiro atoms. The molecule has 1 heterocycles. The number of methoxy groups -OCH3 is 1. The van der Waals surface area contributed by atoms with Crippen LogP contribution in [-0.4, -0.2) is 17.8 Å². The van der Waals surface area contributed by atoms with E-state index in [1.807, 2.05) is 18.2 Å². The summed E-state index contributed by atoms with van der Waals surface area (Å²) in [6, 6.07) is 5.77. The summed E-state index contributed by atoms with van der Waals surface area (Å²) in [5.41, 5.74) is 0.763. The summed E-state index contributed by atoms with van der Waals surface area (Å²) in [6.07, 6.45) is 7.90. The van der Waals surface area contributed by atoms with Crippen LogP contribution in [-0.2, 0) is 0 Å². The third-order valence-corrected chi connectivity index (χ3v) is 5.60. The van der Waals surface area contributed by atoms with Crippen molar-refractivity contribution < 1.29 is 14.6 Å². The van der Waals surface area contributed by atoms with E-state index in [0.29, 0.717) is 0 Å². The number of benzene rings is 1. The Morgan fingerprint density at radius 2 is 2.05 bits per heavy atom. The van der Waals surface area contributed by atoms with Crippen LogP contribution in [0.1, 0.15) is 56.6 Å². The summed E-state index contributed by atoms with van der Waals surface area (Å²) in [6.45, 7) is 0. The molecule has 0 bridgehead atoms. The zero-order chi connectivity index (χ0) is 14.4. The maximum atomic E-state index is 10.6. The predicted molar refractivity (Wildman–Crippen MR) is 80.6 cm³/mol. The molecule has 4 rings (SSSR count). The van der Waals surface area contributed by atoms with Crippen LogP contribution in [0.4, 0.5) is 0 Å². The van der Waals surface area contributed by atoms with Gasteiger partial charge in [0, 0.05) is 18.1 Å². The fraction of sp³-hybridized carbons (Fsp3) is 0.667. The average Bonchev–Trinajstić information content (AvgIpc) is 3.31. The SMILES string of the molecule is COc1ccc2c(c1)OC1(CCCC(C3CC3)C1)C[C@@H]2O. The second kappa shape index (κ2) is 4.91. The second-order valence-corrected chi connectivity index (χ2v) is 7.10. The van der Waals surface area contributed by atoms with E-state index in [1.165, 1.54) is 25.7 Å². The monoisotopic (exact) mass is 288 g/mol. The van der Waals surface area contributed by atoms with Crippen molar-refractivity contribution in [2.45, 2.75) is 56.7 Å². The van der Waals surface area contributed by atoms with Gasteiger partial charge in [0.15, 0.2) is 0 Å². The van der Waals surface area contributed by atoms with Gasteiger partial charge in [-0.05, 0) is 62.5 Å². The van der Waals surface area contributed by atoms with Crippen molar-refractivity contribution >= 4 is 0 Å². The van der Waals surface area contributed by atoms with E-state index in [9.17, 15) is 5.11 Å². The smallest absolute Gasteiger partial charge is 0.129 e. The normalized spacial score (nSPS) is 35.1. The minimum atomic E-state index is -0.405. The fourth-order valence-electron chi connectivity index (χ4n) is 4.36. The summed E-state index contributed by atoms with van der Waals surface area (Å²) in [7, 11) is 1.67. The lowest BCUT2D eigenvalue weighted by Gasteiger charge is -2.45. The van der Waals surface area contributed by atoms with E-state index in [-0.39, 0.29) is 5.60 Å². The fourth-order valence-corrected chi connectivity index (χ4v) is 4.36. The van der Waals surface area contributed by atoms with Crippen molar-refractivity contribution in [3.05, 3.63) is 23.8 Å². The summed E-state index contributed by atoms with van der Waals surface area (Å²) < 4.78 is 11.7. The first kappa shape index (κ1) is 13.4. The van der Waals surface area contributed by atoms with Gasteiger partial charge in [-0.15, -0.1) is 0 Å². The molecule has 1 aromatic carbocycles. The number of ether oxygens (including phenoxy) is 2. The molecule has 0 aromatic heterocycles. The van der Waals surface area contributed by atoms with Crippen molar-refractivity contribution in [1.29, 1.82) is 0 Å². The van der Waals surface area contributed by atoms with Gasteiger partial charge >= 0.3 is 0 Å². The minimum absolute atomic E-state index is 0.149. The second-order valence-electron chi connectivity index (χ2n) is 7.10. The molecular weight excluding hydrogens is 264 g/mol. The molecule has 3 atom stereocenters. The molecular formula is C18H24O3. The number of aliphatic hydroxyl groups excluding tert-OH is 1. The van der Waals surface area contributed by atoms with E-state index in [2.05, 4.69) is 0 Å². The third-order valence-electron chi connectivity index (χ3n) is 5.60. The number of rotatable bonds is 2. The molecule has 1 aromatic rings. The standard InChI is InChI=1S/C18H24O3/c1-20-14-6-7-15-16(19)11-18(21-17(15)9-14)8-2-3-13(10-18)12-4-5-12/h6-7,9,12-13,16,19H,2-5,8,10-11H2,1H3/t13?,16-,18?/m0/s1. The lowest BCUT2D eigenvalue weighted by Crippen LogP contribution is -2.45. The highest BCUT2D eigenvalue weighted by Gasteiger charge is 2.47. The molecule has 21 heavy (non-hydrogen) atoms. The van der Waals surface area contributed by atoms with Crippen LogP contribution in [0.2, 0.25) is 0 Å². The van der Waals surface area contributed by atoms with Gasteiger partial charge in [-0.1, -0.05) is 0 Å². The van der Waals surface area contributed by atoms with Crippen LogP contribution in [0, 0.1) is 11.8 Å². The first-order valence-corrected chi connectivity index (χ1v) is 8.24. The van der Waals surface area contributed by atoms with Crippen molar-refractivity contribution in [3.63, 3.8) is 0 Å². The Morgan fingerprint density at radius 3 is 2.81 bits per heavy atom. The highest BCUT2D eigenvalue weighted by Crippen LogP contribution is 2.52. The largest absolute Gasteiger partial charge is 0.497 e. The van der Waals surface area contributed by atoms with Gasteiger partial charge in [-0.25, -0.2) is 0 Å². The average molecular weight is 288 g/mol. The van der Waals surface area contributed by atoms with E-state index < -0.39 is 6.10 Å². The molecule has 0 amide bonds. The Kier molecular flexibility index (Phi) is 3.14. The third kappa shape index (κ3) is 2.42. The highest BCUT2D eigenvalue weighted by molar-refractivity contribution is 5.44. The molecule has 1 aliphatic heterocycles. The Morgan fingerprint density at radius 1 is 1.19 bits per heavy atom. The van der Waals surface area contributed by atoms with Gasteiger partial charge in [0.25, 0.3) is 0 Å². The molecule has 0 radical (unpaired) electrons. The molecule has 3 nitrogen and oxygen atoms in total. The minimum Gasteiger partial charge on any atom is -0.497 e. The van der Waals surface area contributed by atoms with Crippen LogP contribution >= 0.6 is 0 Å². The van der Waals surface area contributed by atoms with Crippen LogP contribution in [0.25, 0.3) is 0 Å². The van der Waals surface area contributed by atoms with Gasteiger partial charge in [-0.3, -0.25) is 0 Å². The molecule has 3 aliphatic rings. The zero-order valence-corrected chi connectivity index (χ0v) is 12.7. The van der Waals surface area contributed by atoms with Crippen LogP contribution in [0.15, 0.2) is 18.2 Å². The molecule has 2 saturated carbocycles. The van der Waals surface area contributed by atoms with Crippen molar-refractivity contribution in [2.24, 2.45) is 11.8 Å². The zero-order valence-electron chi connectivity index (χ0n) is 12.7. The first-order chi connectivity index (χ1) is 10.2. The molecule has 1 N–H and O–H groups in total. The molecule has 114 valence electrons. The molecule has 2 unspecified atom stereocenters. The quantitative estimate of drug-likeness (QED) is 0.898. The highest BCUT2D eigenvalue weighted by atomic mass is 16.5. The maximum absolute atomic E-state index is 10.6. The summed E-state index contributed by atoms with van der Waals surface area (Å²) in [5.74, 6) is 3.35. The summed E-state index contributed by atoms with van der Waals surface area (Å²) in [4.78, 5) is 0. The van der Waals surface area contributed by atoms with Gasteiger partial charge < -0.3 is 14.6 Å². The van der Waals surface area contributed by atoms with Crippen LogP contribution in [0.3, 0.4) is 0 Å². The molecule has 2 aliphatic carbocycles. The van der Waals surface area contributed by atoms with E-state index in [0.717, 1.165) is 48.2 Å².